The van der Waals surface area contributed by atoms with Gasteiger partial charge < -0.3 is 10.2 Å². The Hall–Kier alpha value is -2.00. The van der Waals surface area contributed by atoms with Crippen molar-refractivity contribution in [2.24, 2.45) is 0 Å². The van der Waals surface area contributed by atoms with Crippen LogP contribution in [0, 0.1) is 0 Å². The van der Waals surface area contributed by atoms with E-state index in [1.807, 2.05) is 30.3 Å². The highest BCUT2D eigenvalue weighted by molar-refractivity contribution is 6.33. The molecule has 0 amide bonds. The summed E-state index contributed by atoms with van der Waals surface area (Å²) >= 11 is 5.99. The summed E-state index contributed by atoms with van der Waals surface area (Å²) in [4.78, 5) is 10.9. The largest absolute Gasteiger partial charge is 0.507 e. The number of benzene rings is 2. The van der Waals surface area contributed by atoms with E-state index in [4.69, 9.17) is 16.7 Å². The number of rotatable bonds is 2. The molecule has 0 aromatic heterocycles. The maximum absolute atomic E-state index is 10.9. The van der Waals surface area contributed by atoms with Crippen LogP contribution < -0.4 is 0 Å². The topological polar surface area (TPSA) is 57.5 Å². The summed E-state index contributed by atoms with van der Waals surface area (Å²) in [5, 5.41) is 18.7. The predicted octanol–water partition coefficient (Wildman–Crippen LogP) is 3.41. The molecule has 2 aromatic carbocycles. The van der Waals surface area contributed by atoms with Gasteiger partial charge in [0.2, 0.25) is 0 Å². The van der Waals surface area contributed by atoms with Crippen LogP contribution in [0.4, 0.5) is 0 Å². The third kappa shape index (κ3) is 2.24. The van der Waals surface area contributed by atoms with E-state index in [0.29, 0.717) is 10.6 Å². The number of carbonyl (C=O) groups is 1. The molecular formula is C13H9ClO3. The van der Waals surface area contributed by atoms with Crippen molar-refractivity contribution in [3.63, 3.8) is 0 Å². The summed E-state index contributed by atoms with van der Waals surface area (Å²) in [7, 11) is 0. The Bertz CT molecular complexity index is 564. The van der Waals surface area contributed by atoms with Gasteiger partial charge in [0, 0.05) is 11.6 Å². The summed E-state index contributed by atoms with van der Waals surface area (Å²) in [5.74, 6) is -1.52. The number of phenols is 1. The van der Waals surface area contributed by atoms with Gasteiger partial charge in [-0.25, -0.2) is 4.79 Å². The average Bonchev–Trinajstić information content (AvgIpc) is 2.29. The quantitative estimate of drug-likeness (QED) is 0.856. The highest BCUT2D eigenvalue weighted by Gasteiger charge is 2.14. The predicted molar refractivity (Wildman–Crippen MR) is 65.5 cm³/mol. The Labute approximate surface area is 103 Å². The van der Waals surface area contributed by atoms with Crippen molar-refractivity contribution in [1.29, 1.82) is 0 Å². The molecule has 2 N–H and O–H groups in total. The Morgan fingerprint density at radius 3 is 2.35 bits per heavy atom. The lowest BCUT2D eigenvalue weighted by atomic mass is 10.0. The summed E-state index contributed by atoms with van der Waals surface area (Å²) in [5.41, 5.74) is 1.23. The second-order valence-electron chi connectivity index (χ2n) is 3.52. The molecule has 0 atom stereocenters. The highest BCUT2D eigenvalue weighted by Crippen LogP contribution is 2.33. The molecule has 0 aliphatic rings. The molecule has 0 radical (unpaired) electrons. The first-order valence-corrected chi connectivity index (χ1v) is 5.28. The van der Waals surface area contributed by atoms with Crippen molar-refractivity contribution in [2.45, 2.75) is 0 Å². The van der Waals surface area contributed by atoms with Crippen molar-refractivity contribution >= 4 is 17.6 Å². The number of carboxylic acid groups (broad SMARTS) is 1. The molecule has 0 bridgehead atoms. The molecule has 0 heterocycles. The van der Waals surface area contributed by atoms with Gasteiger partial charge in [-0.05, 0) is 11.6 Å². The van der Waals surface area contributed by atoms with Crippen LogP contribution in [0.25, 0.3) is 11.1 Å². The van der Waals surface area contributed by atoms with E-state index in [9.17, 15) is 9.90 Å². The van der Waals surface area contributed by atoms with E-state index in [1.54, 1.807) is 0 Å². The van der Waals surface area contributed by atoms with E-state index < -0.39 is 5.97 Å². The van der Waals surface area contributed by atoms with Crippen molar-refractivity contribution < 1.29 is 15.0 Å². The Balaban J connectivity index is 2.63. The fourth-order valence-corrected chi connectivity index (χ4v) is 1.84. The maximum Gasteiger partial charge on any atom is 0.339 e. The van der Waals surface area contributed by atoms with E-state index in [-0.39, 0.29) is 11.3 Å². The molecule has 0 saturated carbocycles. The molecule has 86 valence electrons. The van der Waals surface area contributed by atoms with E-state index in [2.05, 4.69) is 0 Å². The first kappa shape index (κ1) is 11.5. The molecule has 4 heteroatoms. The normalized spacial score (nSPS) is 10.2. The first-order valence-electron chi connectivity index (χ1n) is 4.91. The zero-order valence-electron chi connectivity index (χ0n) is 8.72. The number of aromatic carboxylic acids is 1. The molecule has 17 heavy (non-hydrogen) atoms. The third-order valence-electron chi connectivity index (χ3n) is 2.40. The molecule has 0 aliphatic carbocycles. The van der Waals surface area contributed by atoms with Crippen molar-refractivity contribution in [3.8, 4) is 16.9 Å². The lowest BCUT2D eigenvalue weighted by Crippen LogP contribution is -1.97. The minimum absolute atomic E-state index is 0.159. The lowest BCUT2D eigenvalue weighted by molar-refractivity contribution is 0.0694. The van der Waals surface area contributed by atoms with Crippen LogP contribution in [0.1, 0.15) is 10.4 Å². The minimum atomic E-state index is -1.18. The highest BCUT2D eigenvalue weighted by atomic mass is 35.5. The summed E-state index contributed by atoms with van der Waals surface area (Å²) in [6.45, 7) is 0. The zero-order chi connectivity index (χ0) is 12.4. The van der Waals surface area contributed by atoms with Crippen LogP contribution >= 0.6 is 11.6 Å². The van der Waals surface area contributed by atoms with Gasteiger partial charge in [0.05, 0.1) is 5.02 Å². The van der Waals surface area contributed by atoms with Gasteiger partial charge in [-0.1, -0.05) is 41.9 Å². The van der Waals surface area contributed by atoms with Gasteiger partial charge in [0.1, 0.15) is 11.3 Å². The standard InChI is InChI=1S/C13H9ClO3/c14-11-7-12(15)10(13(16)17)6-9(11)8-4-2-1-3-5-8/h1-7,15H,(H,16,17). The van der Waals surface area contributed by atoms with Gasteiger partial charge in [0.15, 0.2) is 0 Å². The molecule has 2 rings (SSSR count). The summed E-state index contributed by atoms with van der Waals surface area (Å²) < 4.78 is 0. The van der Waals surface area contributed by atoms with Crippen LogP contribution in [-0.2, 0) is 0 Å². The summed E-state index contributed by atoms with van der Waals surface area (Å²) in [6, 6.07) is 11.8. The first-order chi connectivity index (χ1) is 8.09. The molecule has 0 aliphatic heterocycles. The van der Waals surface area contributed by atoms with E-state index >= 15 is 0 Å². The monoisotopic (exact) mass is 248 g/mol. The minimum Gasteiger partial charge on any atom is -0.507 e. The molecule has 0 fully saturated rings. The number of aromatic hydroxyl groups is 1. The van der Waals surface area contributed by atoms with Gasteiger partial charge in [0.25, 0.3) is 0 Å². The smallest absolute Gasteiger partial charge is 0.339 e. The molecule has 2 aromatic rings. The average molecular weight is 249 g/mol. The molecule has 0 unspecified atom stereocenters. The van der Waals surface area contributed by atoms with E-state index in [0.717, 1.165) is 5.56 Å². The molecular weight excluding hydrogens is 240 g/mol. The van der Waals surface area contributed by atoms with Gasteiger partial charge in [-0.3, -0.25) is 0 Å². The van der Waals surface area contributed by atoms with Crippen LogP contribution in [0.15, 0.2) is 42.5 Å². The van der Waals surface area contributed by atoms with Gasteiger partial charge in [-0.15, -0.1) is 0 Å². The fourth-order valence-electron chi connectivity index (χ4n) is 1.57. The molecule has 0 spiro atoms. The molecule has 0 saturated heterocycles. The Morgan fingerprint density at radius 2 is 1.76 bits per heavy atom. The lowest BCUT2D eigenvalue weighted by Gasteiger charge is -2.07. The fraction of sp³-hybridized carbons (Fsp3) is 0. The van der Waals surface area contributed by atoms with Crippen LogP contribution in [0.2, 0.25) is 5.02 Å². The van der Waals surface area contributed by atoms with Crippen molar-refractivity contribution in [1.82, 2.24) is 0 Å². The van der Waals surface area contributed by atoms with Crippen molar-refractivity contribution in [2.75, 3.05) is 0 Å². The van der Waals surface area contributed by atoms with Crippen molar-refractivity contribution in [3.05, 3.63) is 53.1 Å². The van der Waals surface area contributed by atoms with E-state index in [1.165, 1.54) is 12.1 Å². The third-order valence-corrected chi connectivity index (χ3v) is 2.71. The van der Waals surface area contributed by atoms with Crippen LogP contribution in [0.5, 0.6) is 5.75 Å². The number of hydrogen-bond acceptors (Lipinski definition) is 2. The number of halogens is 1. The van der Waals surface area contributed by atoms with Crippen LogP contribution in [0.3, 0.4) is 0 Å². The Kier molecular flexibility index (Phi) is 3.02. The number of hydrogen-bond donors (Lipinski definition) is 2. The Morgan fingerprint density at radius 1 is 1.12 bits per heavy atom. The maximum atomic E-state index is 10.9. The number of carboxylic acids is 1. The summed E-state index contributed by atoms with van der Waals surface area (Å²) in [6.07, 6.45) is 0. The van der Waals surface area contributed by atoms with Gasteiger partial charge in [-0.2, -0.15) is 0 Å². The zero-order valence-corrected chi connectivity index (χ0v) is 9.48. The van der Waals surface area contributed by atoms with Crippen LogP contribution in [-0.4, -0.2) is 16.2 Å². The molecule has 3 nitrogen and oxygen atoms in total. The second kappa shape index (κ2) is 4.47. The second-order valence-corrected chi connectivity index (χ2v) is 3.93. The van der Waals surface area contributed by atoms with Gasteiger partial charge >= 0.3 is 5.97 Å². The SMILES string of the molecule is O=C(O)c1cc(-c2ccccc2)c(Cl)cc1O.